The van der Waals surface area contributed by atoms with Gasteiger partial charge in [0, 0.05) is 32.3 Å². The number of hydrogen-bond donors (Lipinski definition) is 0. The van der Waals surface area contributed by atoms with E-state index in [1.807, 2.05) is 13.0 Å². The minimum atomic E-state index is -0.0112. The summed E-state index contributed by atoms with van der Waals surface area (Å²) in [7, 11) is 1.79. The molecule has 24 heavy (non-hydrogen) atoms. The summed E-state index contributed by atoms with van der Waals surface area (Å²) in [5, 5.41) is 1.46. The fourth-order valence-corrected chi connectivity index (χ4v) is 4.04. The highest BCUT2D eigenvalue weighted by Crippen LogP contribution is 2.31. The minimum Gasteiger partial charge on any atom is -0.381 e. The van der Waals surface area contributed by atoms with Gasteiger partial charge in [0.15, 0.2) is 0 Å². The molecule has 0 radical (unpaired) electrons. The number of carbonyl (C=O) groups is 1. The van der Waals surface area contributed by atoms with Crippen molar-refractivity contribution in [3.8, 4) is 0 Å². The molecule has 1 unspecified atom stereocenters. The van der Waals surface area contributed by atoms with Gasteiger partial charge < -0.3 is 9.64 Å². The lowest BCUT2D eigenvalue weighted by molar-refractivity contribution is 0.0788. The van der Waals surface area contributed by atoms with Gasteiger partial charge >= 0.3 is 0 Å². The summed E-state index contributed by atoms with van der Waals surface area (Å²) in [6.45, 7) is 3.91. The zero-order valence-corrected chi connectivity index (χ0v) is 15.4. The normalized spacial score (nSPS) is 17.7. The van der Waals surface area contributed by atoms with E-state index in [0.717, 1.165) is 35.7 Å². The van der Waals surface area contributed by atoms with Crippen LogP contribution in [0.2, 0.25) is 5.15 Å². The van der Waals surface area contributed by atoms with Crippen LogP contribution in [0, 0.1) is 6.92 Å². The standard InChI is InChI=1S/C17H20ClN3O2S/c1-11-15(24-16(20-11)13-4-3-7-23-10-13)17(22)21(2)9-12-5-6-14(18)19-8-12/h5-6,8,13H,3-4,7,9-10H2,1-2H3. The monoisotopic (exact) mass is 365 g/mol. The smallest absolute Gasteiger partial charge is 0.265 e. The third-order valence-corrected chi connectivity index (χ3v) is 5.60. The molecule has 0 aromatic carbocycles. The second kappa shape index (κ2) is 7.59. The quantitative estimate of drug-likeness (QED) is 0.776. The van der Waals surface area contributed by atoms with Gasteiger partial charge in [0.05, 0.1) is 17.3 Å². The second-order valence-electron chi connectivity index (χ2n) is 6.03. The van der Waals surface area contributed by atoms with E-state index >= 15 is 0 Å². The van der Waals surface area contributed by atoms with Gasteiger partial charge in [0.25, 0.3) is 5.91 Å². The Kier molecular flexibility index (Phi) is 5.48. The molecule has 0 bridgehead atoms. The predicted molar refractivity (Wildman–Crippen MR) is 94.7 cm³/mol. The number of ether oxygens (including phenoxy) is 1. The van der Waals surface area contributed by atoms with E-state index in [-0.39, 0.29) is 5.91 Å². The summed E-state index contributed by atoms with van der Waals surface area (Å²) < 4.78 is 5.54. The van der Waals surface area contributed by atoms with E-state index in [2.05, 4.69) is 9.97 Å². The van der Waals surface area contributed by atoms with Crippen molar-refractivity contribution in [3.63, 3.8) is 0 Å². The summed E-state index contributed by atoms with van der Waals surface area (Å²) >= 11 is 7.29. The van der Waals surface area contributed by atoms with Gasteiger partial charge in [-0.15, -0.1) is 11.3 Å². The number of nitrogens with zero attached hydrogens (tertiary/aromatic N) is 3. The molecule has 2 aromatic heterocycles. The second-order valence-corrected chi connectivity index (χ2v) is 7.45. The average Bonchev–Trinajstić information content (AvgIpc) is 2.99. The third-order valence-electron chi connectivity index (χ3n) is 4.07. The lowest BCUT2D eigenvalue weighted by atomic mass is 10.0. The molecule has 1 fully saturated rings. The maximum atomic E-state index is 12.8. The van der Waals surface area contributed by atoms with Crippen LogP contribution in [0.15, 0.2) is 18.3 Å². The molecule has 128 valence electrons. The van der Waals surface area contributed by atoms with Crippen LogP contribution in [-0.4, -0.2) is 41.0 Å². The molecule has 1 aliphatic rings. The summed E-state index contributed by atoms with van der Waals surface area (Å²) in [5.74, 6) is 0.303. The van der Waals surface area contributed by atoms with E-state index in [9.17, 15) is 4.79 Å². The van der Waals surface area contributed by atoms with Crippen molar-refractivity contribution in [2.45, 2.75) is 32.2 Å². The Labute approximate surface area is 150 Å². The summed E-state index contributed by atoms with van der Waals surface area (Å²) in [6.07, 6.45) is 3.82. The topological polar surface area (TPSA) is 55.3 Å². The molecule has 0 N–H and O–H groups in total. The van der Waals surface area contributed by atoms with E-state index in [1.165, 1.54) is 11.3 Å². The van der Waals surface area contributed by atoms with Crippen LogP contribution in [0.25, 0.3) is 0 Å². The van der Waals surface area contributed by atoms with E-state index in [1.54, 1.807) is 24.2 Å². The third kappa shape index (κ3) is 3.94. The average molecular weight is 366 g/mol. The molecule has 1 saturated heterocycles. The van der Waals surface area contributed by atoms with Gasteiger partial charge in [-0.05, 0) is 31.4 Å². The van der Waals surface area contributed by atoms with E-state index < -0.39 is 0 Å². The highest BCUT2D eigenvalue weighted by molar-refractivity contribution is 7.13. The number of amides is 1. The molecule has 1 aliphatic heterocycles. The molecule has 2 aromatic rings. The van der Waals surface area contributed by atoms with Crippen molar-refractivity contribution in [3.05, 3.63) is 44.6 Å². The number of carbonyl (C=O) groups excluding carboxylic acids is 1. The summed E-state index contributed by atoms with van der Waals surface area (Å²) in [5.41, 5.74) is 1.74. The molecule has 5 nitrogen and oxygen atoms in total. The van der Waals surface area contributed by atoms with Crippen LogP contribution in [0.5, 0.6) is 0 Å². The Balaban J connectivity index is 1.71. The van der Waals surface area contributed by atoms with Gasteiger partial charge in [-0.3, -0.25) is 4.79 Å². The van der Waals surface area contributed by atoms with Gasteiger partial charge in [0.1, 0.15) is 10.0 Å². The van der Waals surface area contributed by atoms with Crippen molar-refractivity contribution in [1.29, 1.82) is 0 Å². The van der Waals surface area contributed by atoms with Crippen molar-refractivity contribution in [2.75, 3.05) is 20.3 Å². The van der Waals surface area contributed by atoms with Crippen LogP contribution in [0.4, 0.5) is 0 Å². The molecular weight excluding hydrogens is 346 g/mol. The summed E-state index contributed by atoms with van der Waals surface area (Å²) in [4.78, 5) is 23.8. The fourth-order valence-electron chi connectivity index (χ4n) is 2.74. The molecule has 1 amide bonds. The molecule has 0 aliphatic carbocycles. The van der Waals surface area contributed by atoms with Gasteiger partial charge in [-0.1, -0.05) is 17.7 Å². The molecule has 0 spiro atoms. The Hall–Kier alpha value is -1.50. The Bertz CT molecular complexity index is 711. The first-order valence-electron chi connectivity index (χ1n) is 7.95. The minimum absolute atomic E-state index is 0.0112. The Morgan fingerprint density at radius 1 is 1.50 bits per heavy atom. The SMILES string of the molecule is Cc1nc(C2CCCOC2)sc1C(=O)N(C)Cc1ccc(Cl)nc1. The zero-order chi connectivity index (χ0) is 17.1. The fraction of sp³-hybridized carbons (Fsp3) is 0.471. The van der Waals surface area contributed by atoms with Crippen LogP contribution >= 0.6 is 22.9 Å². The molecule has 0 saturated carbocycles. The van der Waals surface area contributed by atoms with Crippen LogP contribution in [-0.2, 0) is 11.3 Å². The number of aromatic nitrogens is 2. The first-order chi connectivity index (χ1) is 11.5. The lowest BCUT2D eigenvalue weighted by Gasteiger charge is -2.19. The van der Waals surface area contributed by atoms with Crippen LogP contribution in [0.3, 0.4) is 0 Å². The van der Waals surface area contributed by atoms with Crippen LogP contribution < -0.4 is 0 Å². The van der Waals surface area contributed by atoms with Crippen LogP contribution in [0.1, 0.15) is 44.7 Å². The van der Waals surface area contributed by atoms with E-state index in [0.29, 0.717) is 29.1 Å². The highest BCUT2D eigenvalue weighted by Gasteiger charge is 2.24. The number of pyridine rings is 1. The Morgan fingerprint density at radius 3 is 3.00 bits per heavy atom. The molecular formula is C17H20ClN3O2S. The zero-order valence-electron chi connectivity index (χ0n) is 13.8. The lowest BCUT2D eigenvalue weighted by Crippen LogP contribution is -2.26. The molecule has 7 heteroatoms. The number of hydrogen-bond acceptors (Lipinski definition) is 5. The largest absolute Gasteiger partial charge is 0.381 e. The van der Waals surface area contributed by atoms with Gasteiger partial charge in [-0.25, -0.2) is 9.97 Å². The van der Waals surface area contributed by atoms with Crippen molar-refractivity contribution >= 4 is 28.8 Å². The number of aryl methyl sites for hydroxylation is 1. The number of thiazole rings is 1. The van der Waals surface area contributed by atoms with Gasteiger partial charge in [-0.2, -0.15) is 0 Å². The van der Waals surface area contributed by atoms with Crippen molar-refractivity contribution in [1.82, 2.24) is 14.9 Å². The van der Waals surface area contributed by atoms with Crippen molar-refractivity contribution < 1.29 is 9.53 Å². The van der Waals surface area contributed by atoms with Crippen molar-refractivity contribution in [2.24, 2.45) is 0 Å². The van der Waals surface area contributed by atoms with E-state index in [4.69, 9.17) is 16.3 Å². The predicted octanol–water partition coefficient (Wildman–Crippen LogP) is 3.67. The first kappa shape index (κ1) is 17.3. The molecule has 3 rings (SSSR count). The molecule has 1 atom stereocenters. The first-order valence-corrected chi connectivity index (χ1v) is 9.15. The molecule has 3 heterocycles. The Morgan fingerprint density at radius 2 is 2.33 bits per heavy atom. The van der Waals surface area contributed by atoms with Gasteiger partial charge in [0.2, 0.25) is 0 Å². The highest BCUT2D eigenvalue weighted by atomic mass is 35.5. The maximum absolute atomic E-state index is 12.8. The number of rotatable bonds is 4. The number of halogens is 1. The summed E-state index contributed by atoms with van der Waals surface area (Å²) in [6, 6.07) is 3.61. The maximum Gasteiger partial charge on any atom is 0.265 e.